The summed E-state index contributed by atoms with van der Waals surface area (Å²) in [7, 11) is 0. The molecule has 0 saturated carbocycles. The number of hydrogen-bond acceptors (Lipinski definition) is 2. The van der Waals surface area contributed by atoms with E-state index in [0.29, 0.717) is 0 Å². The fourth-order valence-electron chi connectivity index (χ4n) is 2.32. The SMILES string of the molecule is C=C/C=C(\C=C(/C)C(C)=Nc1ccccc1C)C(=O)O.CC.CCc1ccc(Cl)cc1. The molecule has 0 aliphatic carbocycles. The zero-order valence-electron chi connectivity index (χ0n) is 19.4. The van der Waals surface area contributed by atoms with Crippen molar-refractivity contribution in [2.24, 2.45) is 4.99 Å². The Morgan fingerprint density at radius 2 is 1.68 bits per heavy atom. The predicted molar refractivity (Wildman–Crippen MR) is 136 cm³/mol. The molecule has 0 saturated heterocycles. The molecule has 2 rings (SSSR count). The number of halogens is 1. The maximum Gasteiger partial charge on any atom is 0.335 e. The molecule has 31 heavy (non-hydrogen) atoms. The first kappa shape index (κ1) is 28.1. The second-order valence-electron chi connectivity index (χ2n) is 6.45. The number of carboxylic acid groups (broad SMARTS) is 1. The van der Waals surface area contributed by atoms with Crippen LogP contribution in [0.3, 0.4) is 0 Å². The van der Waals surface area contributed by atoms with E-state index in [9.17, 15) is 4.79 Å². The summed E-state index contributed by atoms with van der Waals surface area (Å²) >= 11 is 5.67. The molecule has 0 aliphatic rings. The van der Waals surface area contributed by atoms with Crippen LogP contribution in [0.15, 0.2) is 89.5 Å². The Bertz CT molecular complexity index is 923. The molecular formula is C27H34ClNO2. The van der Waals surface area contributed by atoms with Crippen molar-refractivity contribution in [2.45, 2.75) is 48.0 Å². The summed E-state index contributed by atoms with van der Waals surface area (Å²) in [5, 5.41) is 9.88. The van der Waals surface area contributed by atoms with Crippen LogP contribution in [0.1, 0.15) is 45.7 Å². The molecule has 2 aromatic rings. The van der Waals surface area contributed by atoms with E-state index in [0.717, 1.165) is 34.0 Å². The highest BCUT2D eigenvalue weighted by atomic mass is 35.5. The Kier molecular flexibility index (Phi) is 14.4. The Balaban J connectivity index is 0.000000679. The molecule has 166 valence electrons. The summed E-state index contributed by atoms with van der Waals surface area (Å²) in [5.74, 6) is -0.979. The lowest BCUT2D eigenvalue weighted by Gasteiger charge is -2.04. The maximum atomic E-state index is 11.1. The van der Waals surface area contributed by atoms with Crippen LogP contribution in [-0.2, 0) is 11.2 Å². The molecule has 4 heteroatoms. The number of allylic oxidation sites excluding steroid dienone is 3. The van der Waals surface area contributed by atoms with Gasteiger partial charge in [-0.05, 0) is 74.2 Å². The van der Waals surface area contributed by atoms with Gasteiger partial charge in [-0.25, -0.2) is 4.79 Å². The molecule has 0 radical (unpaired) electrons. The van der Waals surface area contributed by atoms with Gasteiger partial charge in [0.1, 0.15) is 0 Å². The molecule has 3 nitrogen and oxygen atoms in total. The third kappa shape index (κ3) is 11.2. The Morgan fingerprint density at radius 3 is 2.16 bits per heavy atom. The minimum absolute atomic E-state index is 0.192. The van der Waals surface area contributed by atoms with Crippen LogP contribution in [0.25, 0.3) is 0 Å². The van der Waals surface area contributed by atoms with Gasteiger partial charge >= 0.3 is 5.97 Å². The molecule has 0 atom stereocenters. The number of carboxylic acids is 1. The van der Waals surface area contributed by atoms with Gasteiger partial charge in [-0.15, -0.1) is 0 Å². The average molecular weight is 440 g/mol. The number of rotatable bonds is 6. The van der Waals surface area contributed by atoms with Gasteiger partial charge in [0.25, 0.3) is 0 Å². The van der Waals surface area contributed by atoms with E-state index >= 15 is 0 Å². The van der Waals surface area contributed by atoms with Crippen molar-refractivity contribution in [3.05, 3.63) is 101 Å². The first-order valence-corrected chi connectivity index (χ1v) is 10.8. The van der Waals surface area contributed by atoms with Crippen molar-refractivity contribution < 1.29 is 9.90 Å². The van der Waals surface area contributed by atoms with Gasteiger partial charge in [0, 0.05) is 10.7 Å². The fourth-order valence-corrected chi connectivity index (χ4v) is 2.45. The van der Waals surface area contributed by atoms with Crippen LogP contribution >= 0.6 is 11.6 Å². The van der Waals surface area contributed by atoms with Gasteiger partial charge in [0.2, 0.25) is 0 Å². The maximum absolute atomic E-state index is 11.1. The molecule has 0 unspecified atom stereocenters. The van der Waals surface area contributed by atoms with E-state index in [4.69, 9.17) is 16.7 Å². The third-order valence-electron chi connectivity index (χ3n) is 4.21. The molecule has 2 aromatic carbocycles. The Morgan fingerprint density at radius 1 is 1.10 bits per heavy atom. The summed E-state index contributed by atoms with van der Waals surface area (Å²) in [6.07, 6.45) is 5.60. The van der Waals surface area contributed by atoms with E-state index in [-0.39, 0.29) is 5.57 Å². The highest BCUT2D eigenvalue weighted by molar-refractivity contribution is 6.30. The van der Waals surface area contributed by atoms with Crippen molar-refractivity contribution in [2.75, 3.05) is 0 Å². The summed E-state index contributed by atoms with van der Waals surface area (Å²) < 4.78 is 0. The van der Waals surface area contributed by atoms with E-state index in [1.54, 1.807) is 6.08 Å². The van der Waals surface area contributed by atoms with E-state index in [1.807, 2.05) is 83.1 Å². The molecule has 0 bridgehead atoms. The second-order valence-corrected chi connectivity index (χ2v) is 6.89. The lowest BCUT2D eigenvalue weighted by molar-refractivity contribution is -0.132. The van der Waals surface area contributed by atoms with Gasteiger partial charge in [-0.2, -0.15) is 0 Å². The zero-order chi connectivity index (χ0) is 23.8. The molecule has 0 heterocycles. The van der Waals surface area contributed by atoms with Crippen molar-refractivity contribution >= 4 is 29.0 Å². The molecule has 0 fully saturated rings. The monoisotopic (exact) mass is 439 g/mol. The number of aryl methyl sites for hydroxylation is 2. The van der Waals surface area contributed by atoms with Gasteiger partial charge in [0.15, 0.2) is 0 Å². The summed E-state index contributed by atoms with van der Waals surface area (Å²) in [6.45, 7) is 15.3. The third-order valence-corrected chi connectivity index (χ3v) is 4.46. The van der Waals surface area contributed by atoms with Crippen molar-refractivity contribution in [1.29, 1.82) is 0 Å². The van der Waals surface area contributed by atoms with Crippen LogP contribution in [0, 0.1) is 6.92 Å². The van der Waals surface area contributed by atoms with Gasteiger partial charge < -0.3 is 5.11 Å². The molecule has 0 aromatic heterocycles. The summed E-state index contributed by atoms with van der Waals surface area (Å²) in [6, 6.07) is 15.7. The number of para-hydroxylation sites is 1. The normalized spacial score (nSPS) is 11.5. The first-order chi connectivity index (χ1) is 14.8. The van der Waals surface area contributed by atoms with Gasteiger partial charge in [0.05, 0.1) is 11.3 Å². The summed E-state index contributed by atoms with van der Waals surface area (Å²) in [4.78, 5) is 15.6. The highest BCUT2D eigenvalue weighted by Gasteiger charge is 2.05. The zero-order valence-corrected chi connectivity index (χ0v) is 20.2. The first-order valence-electron chi connectivity index (χ1n) is 10.4. The quantitative estimate of drug-likeness (QED) is 0.280. The van der Waals surface area contributed by atoms with Crippen molar-refractivity contribution in [1.82, 2.24) is 0 Å². The molecule has 1 N–H and O–H groups in total. The van der Waals surface area contributed by atoms with Gasteiger partial charge in [-0.1, -0.05) is 75.4 Å². The number of hydrogen-bond donors (Lipinski definition) is 1. The smallest absolute Gasteiger partial charge is 0.335 e. The number of aliphatic imine (C=N–C) groups is 1. The Hall–Kier alpha value is -2.91. The number of carbonyl (C=O) groups is 1. The lowest BCUT2D eigenvalue weighted by atomic mass is 10.1. The average Bonchev–Trinajstić information content (AvgIpc) is 2.77. The lowest BCUT2D eigenvalue weighted by Crippen LogP contribution is -2.01. The van der Waals surface area contributed by atoms with Crippen molar-refractivity contribution in [3.8, 4) is 0 Å². The topological polar surface area (TPSA) is 49.7 Å². The predicted octanol–water partition coefficient (Wildman–Crippen LogP) is 8.16. The minimum Gasteiger partial charge on any atom is -0.478 e. The van der Waals surface area contributed by atoms with E-state index in [2.05, 4.69) is 18.5 Å². The number of benzene rings is 2. The molecule has 0 amide bonds. The minimum atomic E-state index is -0.979. The molecule has 0 spiro atoms. The second kappa shape index (κ2) is 15.9. The highest BCUT2D eigenvalue weighted by Crippen LogP contribution is 2.19. The van der Waals surface area contributed by atoms with Crippen LogP contribution in [0.5, 0.6) is 0 Å². The number of aliphatic carboxylic acids is 1. The van der Waals surface area contributed by atoms with Crippen LogP contribution < -0.4 is 0 Å². The van der Waals surface area contributed by atoms with Gasteiger partial charge in [-0.3, -0.25) is 4.99 Å². The fraction of sp³-hybridized carbons (Fsp3) is 0.259. The van der Waals surface area contributed by atoms with Crippen LogP contribution in [0.4, 0.5) is 5.69 Å². The van der Waals surface area contributed by atoms with Crippen molar-refractivity contribution in [3.63, 3.8) is 0 Å². The molecular weight excluding hydrogens is 406 g/mol. The van der Waals surface area contributed by atoms with E-state index in [1.165, 1.54) is 17.7 Å². The largest absolute Gasteiger partial charge is 0.478 e. The van der Waals surface area contributed by atoms with E-state index < -0.39 is 5.97 Å². The molecule has 0 aliphatic heterocycles. The summed E-state index contributed by atoms with van der Waals surface area (Å²) in [5.41, 5.74) is 5.09. The number of nitrogens with zero attached hydrogens (tertiary/aromatic N) is 1. The standard InChI is InChI=1S/C17H19NO2.C8H9Cl.C2H6/c1-5-8-15(17(19)20)11-13(3)14(4)18-16-10-7-6-9-12(16)2;1-2-7-3-5-8(9)6-4-7;1-2/h5-11H,1H2,2-4H3,(H,19,20);3-6H,2H2,1H3;1-2H3/b13-11+,15-8+,18-14?;;. The Labute approximate surface area is 192 Å². The van der Waals surface area contributed by atoms with Crippen LogP contribution in [-0.4, -0.2) is 16.8 Å². The van der Waals surface area contributed by atoms with Crippen LogP contribution in [0.2, 0.25) is 5.02 Å².